The highest BCUT2D eigenvalue weighted by Crippen LogP contribution is 2.17. The predicted octanol–water partition coefficient (Wildman–Crippen LogP) is 0.396. The Morgan fingerprint density at radius 2 is 2.05 bits per heavy atom. The van der Waals surface area contributed by atoms with Gasteiger partial charge in [-0.2, -0.15) is 9.67 Å². The van der Waals surface area contributed by atoms with Crippen LogP contribution in [0.25, 0.3) is 5.95 Å². The fourth-order valence-electron chi connectivity index (χ4n) is 2.63. The molecule has 0 amide bonds. The van der Waals surface area contributed by atoms with Gasteiger partial charge in [0.2, 0.25) is 11.8 Å². The van der Waals surface area contributed by atoms with E-state index in [-0.39, 0.29) is 23.0 Å². The first-order chi connectivity index (χ1) is 9.61. The molecule has 0 fully saturated rings. The summed E-state index contributed by atoms with van der Waals surface area (Å²) in [6.45, 7) is 1.76. The van der Waals surface area contributed by atoms with Crippen LogP contribution in [0.5, 0.6) is 5.88 Å². The van der Waals surface area contributed by atoms with Crippen LogP contribution in [0.3, 0.4) is 0 Å². The molecule has 0 aromatic carbocycles. The van der Waals surface area contributed by atoms with Crippen LogP contribution in [0, 0.1) is 0 Å². The molecular formula is C13H16N4O3. The van der Waals surface area contributed by atoms with E-state index in [0.717, 1.165) is 36.9 Å². The van der Waals surface area contributed by atoms with Gasteiger partial charge in [0.15, 0.2) is 0 Å². The van der Waals surface area contributed by atoms with Crippen molar-refractivity contribution < 1.29 is 5.11 Å². The summed E-state index contributed by atoms with van der Waals surface area (Å²) < 4.78 is 1.20. The lowest BCUT2D eigenvalue weighted by Gasteiger charge is -2.07. The number of H-pyrrole nitrogens is 2. The number of hydrogen-bond donors (Lipinski definition) is 3. The Hall–Kier alpha value is -2.31. The smallest absolute Gasteiger partial charge is 0.277 e. The summed E-state index contributed by atoms with van der Waals surface area (Å²) in [4.78, 5) is 30.6. The van der Waals surface area contributed by atoms with Crippen molar-refractivity contribution in [2.75, 3.05) is 0 Å². The van der Waals surface area contributed by atoms with Crippen LogP contribution >= 0.6 is 0 Å². The molecule has 0 aliphatic heterocycles. The molecule has 3 N–H and O–H groups in total. The summed E-state index contributed by atoms with van der Waals surface area (Å²) in [6, 6.07) is 0. The Kier molecular flexibility index (Phi) is 2.96. The molecule has 2 aromatic heterocycles. The van der Waals surface area contributed by atoms with Gasteiger partial charge in [-0.05, 0) is 32.1 Å². The third-order valence-corrected chi connectivity index (χ3v) is 3.72. The first-order valence-electron chi connectivity index (χ1n) is 6.77. The molecule has 3 rings (SSSR count). The van der Waals surface area contributed by atoms with Crippen LogP contribution < -0.4 is 11.1 Å². The molecule has 106 valence electrons. The molecule has 1 aliphatic carbocycles. The summed E-state index contributed by atoms with van der Waals surface area (Å²) in [5.74, 6) is -0.296. The molecule has 0 saturated heterocycles. The number of aromatic amines is 2. The largest absolute Gasteiger partial charge is 0.493 e. The Morgan fingerprint density at radius 3 is 2.70 bits per heavy atom. The molecule has 0 radical (unpaired) electrons. The van der Waals surface area contributed by atoms with Crippen molar-refractivity contribution in [1.82, 2.24) is 19.7 Å². The normalized spacial score (nSPS) is 14.2. The first kappa shape index (κ1) is 12.7. The number of rotatable bonds is 2. The van der Waals surface area contributed by atoms with E-state index >= 15 is 0 Å². The van der Waals surface area contributed by atoms with E-state index in [0.29, 0.717) is 6.42 Å². The van der Waals surface area contributed by atoms with Crippen molar-refractivity contribution in [3.05, 3.63) is 37.5 Å². The second-order valence-corrected chi connectivity index (χ2v) is 4.96. The van der Waals surface area contributed by atoms with Crippen LogP contribution in [-0.2, 0) is 19.3 Å². The number of fused-ring (bicyclic) bond motifs is 1. The third-order valence-electron chi connectivity index (χ3n) is 3.72. The van der Waals surface area contributed by atoms with Crippen LogP contribution in [0.1, 0.15) is 36.6 Å². The molecular weight excluding hydrogens is 260 g/mol. The molecule has 0 saturated carbocycles. The molecule has 0 spiro atoms. The highest BCUT2D eigenvalue weighted by Gasteiger charge is 2.20. The lowest BCUT2D eigenvalue weighted by atomic mass is 9.98. The van der Waals surface area contributed by atoms with Crippen molar-refractivity contribution in [3.63, 3.8) is 0 Å². The molecule has 0 unspecified atom stereocenters. The lowest BCUT2D eigenvalue weighted by Crippen LogP contribution is -2.24. The Bertz CT molecular complexity index is 769. The van der Waals surface area contributed by atoms with Gasteiger partial charge in [0.25, 0.3) is 11.1 Å². The van der Waals surface area contributed by atoms with Crippen molar-refractivity contribution in [3.8, 4) is 11.8 Å². The average Bonchev–Trinajstić information content (AvgIpc) is 2.76. The Morgan fingerprint density at radius 1 is 1.30 bits per heavy atom. The summed E-state index contributed by atoms with van der Waals surface area (Å²) in [7, 11) is 0. The van der Waals surface area contributed by atoms with E-state index in [1.54, 1.807) is 6.92 Å². The van der Waals surface area contributed by atoms with Crippen LogP contribution in [0.4, 0.5) is 0 Å². The number of nitrogens with zero attached hydrogens (tertiary/aromatic N) is 2. The third kappa shape index (κ3) is 1.86. The zero-order valence-corrected chi connectivity index (χ0v) is 11.2. The molecule has 2 heterocycles. The molecule has 20 heavy (non-hydrogen) atoms. The van der Waals surface area contributed by atoms with Gasteiger partial charge in [-0.15, -0.1) is 0 Å². The minimum absolute atomic E-state index is 0.0316. The highest BCUT2D eigenvalue weighted by molar-refractivity contribution is 5.29. The number of aromatic hydroxyl groups is 1. The maximum Gasteiger partial charge on any atom is 0.277 e. The van der Waals surface area contributed by atoms with Crippen molar-refractivity contribution >= 4 is 0 Å². The van der Waals surface area contributed by atoms with Gasteiger partial charge in [-0.1, -0.05) is 6.92 Å². The summed E-state index contributed by atoms with van der Waals surface area (Å²) in [5, 5.41) is 12.7. The highest BCUT2D eigenvalue weighted by atomic mass is 16.3. The topological polar surface area (TPSA) is 104 Å². The van der Waals surface area contributed by atoms with Crippen LogP contribution in [0.2, 0.25) is 0 Å². The molecule has 1 aliphatic rings. The van der Waals surface area contributed by atoms with Crippen molar-refractivity contribution in [1.29, 1.82) is 0 Å². The SMILES string of the molecule is CCc1c(O)nc(-n2[nH]c3c(c2=O)CCCC3)[nH]c1=O. The van der Waals surface area contributed by atoms with Gasteiger partial charge in [-0.25, -0.2) is 0 Å². The van der Waals surface area contributed by atoms with Gasteiger partial charge in [0, 0.05) is 11.3 Å². The second kappa shape index (κ2) is 4.66. The number of nitrogens with one attached hydrogen (secondary N) is 2. The van der Waals surface area contributed by atoms with Gasteiger partial charge < -0.3 is 5.11 Å². The zero-order chi connectivity index (χ0) is 14.3. The van der Waals surface area contributed by atoms with E-state index in [1.165, 1.54) is 4.68 Å². The van der Waals surface area contributed by atoms with Gasteiger partial charge >= 0.3 is 0 Å². The number of aromatic nitrogens is 4. The standard InChI is InChI=1S/C13H16N4O3/c1-2-7-10(18)14-13(15-11(7)19)17-12(20)8-5-3-4-6-9(8)16-17/h16H,2-6H2,1H3,(H2,14,15,18,19). The maximum absolute atomic E-state index is 12.3. The van der Waals surface area contributed by atoms with Gasteiger partial charge in [-0.3, -0.25) is 19.7 Å². The monoisotopic (exact) mass is 276 g/mol. The van der Waals surface area contributed by atoms with E-state index < -0.39 is 5.56 Å². The van der Waals surface area contributed by atoms with Crippen LogP contribution in [0.15, 0.2) is 9.59 Å². The second-order valence-electron chi connectivity index (χ2n) is 4.96. The van der Waals surface area contributed by atoms with E-state index in [9.17, 15) is 14.7 Å². The van der Waals surface area contributed by atoms with E-state index in [1.807, 2.05) is 0 Å². The fourth-order valence-corrected chi connectivity index (χ4v) is 2.63. The van der Waals surface area contributed by atoms with Gasteiger partial charge in [0.1, 0.15) is 0 Å². The van der Waals surface area contributed by atoms with E-state index in [4.69, 9.17) is 0 Å². The molecule has 0 atom stereocenters. The quantitative estimate of drug-likeness (QED) is 0.738. The molecule has 2 aromatic rings. The predicted molar refractivity (Wildman–Crippen MR) is 72.5 cm³/mol. The minimum atomic E-state index is -0.422. The average molecular weight is 276 g/mol. The fraction of sp³-hybridized carbons (Fsp3) is 0.462. The molecule has 7 nitrogen and oxygen atoms in total. The van der Waals surface area contributed by atoms with E-state index in [2.05, 4.69) is 15.1 Å². The molecule has 0 bridgehead atoms. The minimum Gasteiger partial charge on any atom is -0.493 e. The summed E-state index contributed by atoms with van der Waals surface area (Å²) in [6.07, 6.45) is 3.97. The Labute approximate surface area is 114 Å². The van der Waals surface area contributed by atoms with Crippen molar-refractivity contribution in [2.24, 2.45) is 0 Å². The summed E-state index contributed by atoms with van der Waals surface area (Å²) in [5.41, 5.74) is 1.24. The Balaban J connectivity index is 2.17. The zero-order valence-electron chi connectivity index (χ0n) is 11.2. The number of hydrogen-bond acceptors (Lipinski definition) is 4. The lowest BCUT2D eigenvalue weighted by molar-refractivity contribution is 0.441. The maximum atomic E-state index is 12.3. The van der Waals surface area contributed by atoms with Gasteiger partial charge in [0.05, 0.1) is 5.56 Å². The summed E-state index contributed by atoms with van der Waals surface area (Å²) >= 11 is 0. The number of aryl methyl sites for hydroxylation is 1. The van der Waals surface area contributed by atoms with Crippen LogP contribution in [-0.4, -0.2) is 24.9 Å². The molecule has 7 heteroatoms. The van der Waals surface area contributed by atoms with Crippen molar-refractivity contribution in [2.45, 2.75) is 39.0 Å². The first-order valence-corrected chi connectivity index (χ1v) is 6.77.